The van der Waals surface area contributed by atoms with Crippen molar-refractivity contribution in [3.05, 3.63) is 29.8 Å². The Kier molecular flexibility index (Phi) is 8.86. The topological polar surface area (TPSA) is 79.5 Å². The van der Waals surface area contributed by atoms with Crippen LogP contribution in [0.15, 0.2) is 24.3 Å². The lowest BCUT2D eigenvalue weighted by molar-refractivity contribution is -0.122. The molecule has 0 aliphatic heterocycles. The Morgan fingerprint density at radius 1 is 1.21 bits per heavy atom. The van der Waals surface area contributed by atoms with E-state index in [-0.39, 0.29) is 24.3 Å². The molecule has 1 rings (SSSR count). The van der Waals surface area contributed by atoms with E-state index >= 15 is 0 Å². The van der Waals surface area contributed by atoms with E-state index in [9.17, 15) is 9.59 Å². The van der Waals surface area contributed by atoms with Gasteiger partial charge in [0.1, 0.15) is 5.75 Å². The van der Waals surface area contributed by atoms with Gasteiger partial charge in [-0.1, -0.05) is 25.1 Å². The highest BCUT2D eigenvalue weighted by Crippen LogP contribution is 2.27. The van der Waals surface area contributed by atoms with E-state index in [2.05, 4.69) is 16.0 Å². The maximum Gasteiger partial charge on any atom is 0.222 e. The molecule has 1 aromatic carbocycles. The van der Waals surface area contributed by atoms with Crippen molar-refractivity contribution in [2.75, 3.05) is 19.7 Å². The lowest BCUT2D eigenvalue weighted by Crippen LogP contribution is -2.40. The van der Waals surface area contributed by atoms with E-state index in [4.69, 9.17) is 4.74 Å². The van der Waals surface area contributed by atoms with Gasteiger partial charge in [0.05, 0.1) is 19.1 Å². The molecule has 24 heavy (non-hydrogen) atoms. The van der Waals surface area contributed by atoms with Crippen molar-refractivity contribution in [1.82, 2.24) is 16.0 Å². The summed E-state index contributed by atoms with van der Waals surface area (Å²) >= 11 is 0. The number of carbonyl (C=O) groups is 2. The van der Waals surface area contributed by atoms with Gasteiger partial charge in [-0.05, 0) is 26.5 Å². The first-order valence-electron chi connectivity index (χ1n) is 8.46. The maximum atomic E-state index is 12.3. The van der Waals surface area contributed by atoms with Gasteiger partial charge in [0.25, 0.3) is 0 Å². The monoisotopic (exact) mass is 335 g/mol. The molecule has 0 aliphatic carbocycles. The van der Waals surface area contributed by atoms with Crippen LogP contribution in [0.25, 0.3) is 0 Å². The van der Waals surface area contributed by atoms with Crippen molar-refractivity contribution in [3.63, 3.8) is 0 Å². The van der Waals surface area contributed by atoms with Crippen molar-refractivity contribution >= 4 is 11.8 Å². The minimum atomic E-state index is -0.417. The van der Waals surface area contributed by atoms with Crippen LogP contribution >= 0.6 is 0 Å². The number of amides is 2. The van der Waals surface area contributed by atoms with Crippen molar-refractivity contribution in [2.45, 2.75) is 46.2 Å². The zero-order valence-electron chi connectivity index (χ0n) is 15.0. The zero-order chi connectivity index (χ0) is 17.9. The van der Waals surface area contributed by atoms with Gasteiger partial charge < -0.3 is 20.7 Å². The average Bonchev–Trinajstić information content (AvgIpc) is 2.53. The molecular weight excluding hydrogens is 306 g/mol. The molecule has 6 nitrogen and oxygen atoms in total. The van der Waals surface area contributed by atoms with Gasteiger partial charge >= 0.3 is 0 Å². The fourth-order valence-electron chi connectivity index (χ4n) is 2.48. The molecule has 2 amide bonds. The van der Waals surface area contributed by atoms with Crippen molar-refractivity contribution < 1.29 is 14.3 Å². The third-order valence-corrected chi connectivity index (χ3v) is 3.52. The van der Waals surface area contributed by atoms with E-state index in [1.54, 1.807) is 0 Å². The van der Waals surface area contributed by atoms with E-state index in [1.165, 1.54) is 6.92 Å². The molecule has 0 aliphatic rings. The maximum absolute atomic E-state index is 12.3. The minimum absolute atomic E-state index is 0.107. The highest BCUT2D eigenvalue weighted by atomic mass is 16.5. The molecule has 134 valence electrons. The first-order chi connectivity index (χ1) is 11.5. The average molecular weight is 335 g/mol. The number of para-hydroxylation sites is 1. The third kappa shape index (κ3) is 7.00. The van der Waals surface area contributed by atoms with Crippen LogP contribution in [0.3, 0.4) is 0 Å². The number of hydrogen-bond donors (Lipinski definition) is 3. The molecule has 0 fully saturated rings. The molecule has 0 bridgehead atoms. The van der Waals surface area contributed by atoms with Crippen molar-refractivity contribution in [1.29, 1.82) is 0 Å². The summed E-state index contributed by atoms with van der Waals surface area (Å²) in [6.45, 7) is 9.31. The Hall–Kier alpha value is -2.08. The van der Waals surface area contributed by atoms with E-state index in [1.807, 2.05) is 45.0 Å². The Morgan fingerprint density at radius 3 is 2.54 bits per heavy atom. The van der Waals surface area contributed by atoms with Crippen LogP contribution in [0.5, 0.6) is 5.75 Å². The lowest BCUT2D eigenvalue weighted by atomic mass is 10.0. The van der Waals surface area contributed by atoms with E-state index < -0.39 is 6.04 Å². The fraction of sp³-hybridized carbons (Fsp3) is 0.556. The highest BCUT2D eigenvalue weighted by Gasteiger charge is 2.20. The number of hydrogen-bond acceptors (Lipinski definition) is 4. The SMILES string of the molecule is CCN[C@H](C)CNC(=O)CC(NC(C)=O)c1ccccc1OCC. The largest absolute Gasteiger partial charge is 0.494 e. The van der Waals surface area contributed by atoms with Crippen LogP contribution in [0, 0.1) is 0 Å². The molecule has 0 aromatic heterocycles. The lowest BCUT2D eigenvalue weighted by Gasteiger charge is -2.21. The number of ether oxygens (including phenoxy) is 1. The van der Waals surface area contributed by atoms with Crippen molar-refractivity contribution in [2.24, 2.45) is 0 Å². The molecule has 2 atom stereocenters. The second-order valence-electron chi connectivity index (χ2n) is 5.69. The number of nitrogens with one attached hydrogen (secondary N) is 3. The van der Waals surface area contributed by atoms with Gasteiger partial charge in [0.2, 0.25) is 11.8 Å². The summed E-state index contributed by atoms with van der Waals surface area (Å²) in [5.41, 5.74) is 0.810. The van der Waals surface area contributed by atoms with Gasteiger partial charge in [0.15, 0.2) is 0 Å². The zero-order valence-corrected chi connectivity index (χ0v) is 15.0. The normalized spacial score (nSPS) is 13.0. The molecule has 0 saturated carbocycles. The van der Waals surface area contributed by atoms with Gasteiger partial charge in [-0.15, -0.1) is 0 Å². The Labute approximate surface area is 144 Å². The second kappa shape index (κ2) is 10.6. The summed E-state index contributed by atoms with van der Waals surface area (Å²) in [7, 11) is 0. The highest BCUT2D eigenvalue weighted by molar-refractivity contribution is 5.79. The summed E-state index contributed by atoms with van der Waals surface area (Å²) in [6, 6.07) is 7.25. The summed E-state index contributed by atoms with van der Waals surface area (Å²) in [6.07, 6.45) is 0.169. The number of benzene rings is 1. The first kappa shape index (κ1) is 20.0. The van der Waals surface area contributed by atoms with Crippen LogP contribution in [-0.2, 0) is 9.59 Å². The summed E-state index contributed by atoms with van der Waals surface area (Å²) < 4.78 is 5.62. The molecule has 0 spiro atoms. The summed E-state index contributed by atoms with van der Waals surface area (Å²) in [5.74, 6) is 0.400. The molecular formula is C18H29N3O3. The van der Waals surface area contributed by atoms with Gasteiger partial charge in [-0.2, -0.15) is 0 Å². The van der Waals surface area contributed by atoms with Crippen LogP contribution in [0.2, 0.25) is 0 Å². The predicted molar refractivity (Wildman–Crippen MR) is 94.9 cm³/mol. The van der Waals surface area contributed by atoms with E-state index in [0.717, 1.165) is 12.1 Å². The molecule has 1 aromatic rings. The number of carbonyl (C=O) groups excluding carboxylic acids is 2. The summed E-state index contributed by atoms with van der Waals surface area (Å²) in [4.78, 5) is 23.8. The third-order valence-electron chi connectivity index (χ3n) is 3.52. The van der Waals surface area contributed by atoms with Crippen LogP contribution in [-0.4, -0.2) is 37.6 Å². The Balaban J connectivity index is 2.79. The van der Waals surface area contributed by atoms with E-state index in [0.29, 0.717) is 18.9 Å². The molecule has 0 saturated heterocycles. The number of likely N-dealkylation sites (N-methyl/N-ethyl adjacent to an activating group) is 1. The molecule has 1 unspecified atom stereocenters. The van der Waals surface area contributed by atoms with Crippen LogP contribution in [0.4, 0.5) is 0 Å². The molecule has 3 N–H and O–H groups in total. The fourth-order valence-corrected chi connectivity index (χ4v) is 2.48. The smallest absolute Gasteiger partial charge is 0.222 e. The Bertz CT molecular complexity index is 534. The van der Waals surface area contributed by atoms with Gasteiger partial charge in [-0.3, -0.25) is 9.59 Å². The first-order valence-corrected chi connectivity index (χ1v) is 8.46. The predicted octanol–water partition coefficient (Wildman–Crippen LogP) is 1.77. The van der Waals surface area contributed by atoms with Gasteiger partial charge in [0, 0.05) is 25.1 Å². The Morgan fingerprint density at radius 2 is 1.92 bits per heavy atom. The molecule has 0 radical (unpaired) electrons. The molecule has 6 heteroatoms. The number of rotatable bonds is 10. The van der Waals surface area contributed by atoms with Crippen LogP contribution < -0.4 is 20.7 Å². The quantitative estimate of drug-likeness (QED) is 0.609. The summed E-state index contributed by atoms with van der Waals surface area (Å²) in [5, 5.41) is 8.98. The second-order valence-corrected chi connectivity index (χ2v) is 5.69. The van der Waals surface area contributed by atoms with Gasteiger partial charge in [-0.25, -0.2) is 0 Å². The standard InChI is InChI=1S/C18H29N3O3/c1-5-19-13(3)12-20-18(23)11-16(21-14(4)22)15-9-7-8-10-17(15)24-6-2/h7-10,13,16,19H,5-6,11-12H2,1-4H3,(H,20,23)(H,21,22)/t13-,16?/m1/s1. The van der Waals surface area contributed by atoms with Crippen molar-refractivity contribution in [3.8, 4) is 5.75 Å². The minimum Gasteiger partial charge on any atom is -0.494 e. The van der Waals surface area contributed by atoms with Crippen LogP contribution in [0.1, 0.15) is 45.7 Å². The molecule has 0 heterocycles.